The number of rotatable bonds is 5. The fraction of sp³-hybridized carbons (Fsp3) is 0.500. The molecule has 0 bridgehead atoms. The Morgan fingerprint density at radius 3 is 2.62 bits per heavy atom. The van der Waals surface area contributed by atoms with Crippen LogP contribution in [-0.2, 0) is 0 Å². The third-order valence-corrected chi connectivity index (χ3v) is 2.87. The predicted octanol–water partition coefficient (Wildman–Crippen LogP) is 3.62. The van der Waals surface area contributed by atoms with E-state index in [-0.39, 0.29) is 11.7 Å². The number of Topliss-reactive ketones (excluding diaryl/α,β-unsaturated/α-hetero) is 1. The van der Waals surface area contributed by atoms with Crippen LogP contribution in [0.25, 0.3) is 0 Å². The normalized spacial score (nSPS) is 12.2. The van der Waals surface area contributed by atoms with Crippen LogP contribution in [0.5, 0.6) is 5.75 Å². The van der Waals surface area contributed by atoms with E-state index in [1.54, 1.807) is 7.11 Å². The van der Waals surface area contributed by atoms with Gasteiger partial charge in [-0.05, 0) is 37.1 Å². The third-order valence-electron chi connectivity index (χ3n) is 2.87. The smallest absolute Gasteiger partial charge is 0.165 e. The second kappa shape index (κ2) is 5.69. The van der Waals surface area contributed by atoms with Gasteiger partial charge in [0, 0.05) is 11.5 Å². The summed E-state index contributed by atoms with van der Waals surface area (Å²) in [5, 5.41) is 0. The highest BCUT2D eigenvalue weighted by Crippen LogP contribution is 2.21. The van der Waals surface area contributed by atoms with Crippen molar-refractivity contribution in [1.29, 1.82) is 0 Å². The lowest BCUT2D eigenvalue weighted by Crippen LogP contribution is -2.12. The van der Waals surface area contributed by atoms with Gasteiger partial charge in [-0.25, -0.2) is 0 Å². The van der Waals surface area contributed by atoms with Gasteiger partial charge in [0.1, 0.15) is 5.75 Å². The van der Waals surface area contributed by atoms with Crippen LogP contribution in [0.3, 0.4) is 0 Å². The van der Waals surface area contributed by atoms with Gasteiger partial charge in [-0.15, -0.1) is 0 Å². The number of carbonyl (C=O) groups is 1. The molecule has 1 rings (SSSR count). The Morgan fingerprint density at radius 1 is 1.44 bits per heavy atom. The highest BCUT2D eigenvalue weighted by molar-refractivity contribution is 5.99. The summed E-state index contributed by atoms with van der Waals surface area (Å²) in [4.78, 5) is 12.1. The van der Waals surface area contributed by atoms with E-state index in [4.69, 9.17) is 4.74 Å². The summed E-state index contributed by atoms with van der Waals surface area (Å²) < 4.78 is 5.13. The summed E-state index contributed by atoms with van der Waals surface area (Å²) in [6.07, 6.45) is 1.99. The first-order chi connectivity index (χ1) is 7.60. The molecule has 1 aromatic rings. The van der Waals surface area contributed by atoms with Crippen molar-refractivity contribution in [2.24, 2.45) is 5.92 Å². The molecule has 0 saturated heterocycles. The van der Waals surface area contributed by atoms with E-state index in [9.17, 15) is 4.79 Å². The molecule has 1 atom stereocenters. The monoisotopic (exact) mass is 220 g/mol. The number of ketones is 1. The van der Waals surface area contributed by atoms with Crippen molar-refractivity contribution in [2.75, 3.05) is 7.11 Å². The maximum absolute atomic E-state index is 12.1. The summed E-state index contributed by atoms with van der Waals surface area (Å²) in [6, 6.07) is 5.62. The van der Waals surface area contributed by atoms with Crippen molar-refractivity contribution >= 4 is 5.78 Å². The Labute approximate surface area is 97.6 Å². The average molecular weight is 220 g/mol. The minimum atomic E-state index is 0.108. The van der Waals surface area contributed by atoms with Crippen LogP contribution in [0.2, 0.25) is 0 Å². The minimum absolute atomic E-state index is 0.108. The molecule has 88 valence electrons. The van der Waals surface area contributed by atoms with E-state index >= 15 is 0 Å². The van der Waals surface area contributed by atoms with Crippen LogP contribution in [0, 0.1) is 12.8 Å². The van der Waals surface area contributed by atoms with Crippen LogP contribution in [0.4, 0.5) is 0 Å². The second-order valence-electron chi connectivity index (χ2n) is 4.23. The largest absolute Gasteiger partial charge is 0.497 e. The standard InChI is InChI=1S/C14H20O2/c1-5-6-10(2)14(15)13-8-7-12(16-4)9-11(13)3/h7-10H,5-6H2,1-4H3. The molecular weight excluding hydrogens is 200 g/mol. The van der Waals surface area contributed by atoms with E-state index in [1.165, 1.54) is 0 Å². The highest BCUT2D eigenvalue weighted by atomic mass is 16.5. The van der Waals surface area contributed by atoms with Crippen LogP contribution in [0.15, 0.2) is 18.2 Å². The van der Waals surface area contributed by atoms with Gasteiger partial charge in [0.05, 0.1) is 7.11 Å². The summed E-state index contributed by atoms with van der Waals surface area (Å²) in [5.74, 6) is 1.15. The molecule has 0 aromatic heterocycles. The van der Waals surface area contributed by atoms with E-state index < -0.39 is 0 Å². The molecule has 2 heteroatoms. The van der Waals surface area contributed by atoms with Gasteiger partial charge in [0.25, 0.3) is 0 Å². The topological polar surface area (TPSA) is 26.3 Å². The quantitative estimate of drug-likeness (QED) is 0.708. The van der Waals surface area contributed by atoms with Gasteiger partial charge in [-0.3, -0.25) is 4.79 Å². The number of carbonyl (C=O) groups excluding carboxylic acids is 1. The molecule has 0 fully saturated rings. The molecule has 0 radical (unpaired) electrons. The number of benzene rings is 1. The third kappa shape index (κ3) is 2.84. The molecule has 2 nitrogen and oxygen atoms in total. The van der Waals surface area contributed by atoms with E-state index in [0.29, 0.717) is 0 Å². The number of methoxy groups -OCH3 is 1. The lowest BCUT2D eigenvalue weighted by atomic mass is 9.93. The SMILES string of the molecule is CCCC(C)C(=O)c1ccc(OC)cc1C. The van der Waals surface area contributed by atoms with E-state index in [2.05, 4.69) is 6.92 Å². The number of aryl methyl sites for hydroxylation is 1. The number of ether oxygens (including phenoxy) is 1. The van der Waals surface area contributed by atoms with Crippen LogP contribution in [-0.4, -0.2) is 12.9 Å². The zero-order valence-electron chi connectivity index (χ0n) is 10.5. The first-order valence-electron chi connectivity index (χ1n) is 5.79. The molecule has 0 saturated carbocycles. The molecule has 0 spiro atoms. The average Bonchev–Trinajstić information content (AvgIpc) is 2.28. The van der Waals surface area contributed by atoms with Gasteiger partial charge in [0.15, 0.2) is 5.78 Å². The van der Waals surface area contributed by atoms with Gasteiger partial charge < -0.3 is 4.74 Å². The fourth-order valence-corrected chi connectivity index (χ4v) is 1.87. The molecule has 16 heavy (non-hydrogen) atoms. The summed E-state index contributed by atoms with van der Waals surface area (Å²) >= 11 is 0. The van der Waals surface area contributed by atoms with Crippen molar-refractivity contribution in [3.8, 4) is 5.75 Å². The first-order valence-corrected chi connectivity index (χ1v) is 5.79. The van der Waals surface area contributed by atoms with Crippen molar-refractivity contribution < 1.29 is 9.53 Å². The first kappa shape index (κ1) is 12.8. The fourth-order valence-electron chi connectivity index (χ4n) is 1.87. The molecule has 0 aliphatic carbocycles. The number of hydrogen-bond donors (Lipinski definition) is 0. The van der Waals surface area contributed by atoms with Crippen LogP contribution >= 0.6 is 0 Å². The molecule has 0 heterocycles. The van der Waals surface area contributed by atoms with Crippen LogP contribution in [0.1, 0.15) is 42.6 Å². The zero-order valence-corrected chi connectivity index (χ0v) is 10.5. The molecule has 0 aliphatic rings. The van der Waals surface area contributed by atoms with Crippen molar-refractivity contribution in [3.05, 3.63) is 29.3 Å². The molecule has 0 amide bonds. The summed E-state index contributed by atoms with van der Waals surface area (Å²) in [5.41, 5.74) is 1.81. The maximum atomic E-state index is 12.1. The van der Waals surface area contributed by atoms with Gasteiger partial charge in [0.2, 0.25) is 0 Å². The Bertz CT molecular complexity index is 369. The summed E-state index contributed by atoms with van der Waals surface area (Å²) in [7, 11) is 1.63. The lowest BCUT2D eigenvalue weighted by Gasteiger charge is -2.12. The van der Waals surface area contributed by atoms with E-state index in [1.807, 2.05) is 32.0 Å². The van der Waals surface area contributed by atoms with Gasteiger partial charge in [-0.1, -0.05) is 20.3 Å². The van der Waals surface area contributed by atoms with Gasteiger partial charge in [-0.2, -0.15) is 0 Å². The number of hydrogen-bond acceptors (Lipinski definition) is 2. The van der Waals surface area contributed by atoms with Crippen molar-refractivity contribution in [2.45, 2.75) is 33.6 Å². The molecule has 0 aliphatic heterocycles. The predicted molar refractivity (Wildman–Crippen MR) is 66.1 cm³/mol. The van der Waals surface area contributed by atoms with E-state index in [0.717, 1.165) is 29.7 Å². The Hall–Kier alpha value is -1.31. The Balaban J connectivity index is 2.91. The zero-order chi connectivity index (χ0) is 12.1. The molecule has 0 N–H and O–H groups in total. The van der Waals surface area contributed by atoms with Crippen molar-refractivity contribution in [3.63, 3.8) is 0 Å². The van der Waals surface area contributed by atoms with Gasteiger partial charge >= 0.3 is 0 Å². The second-order valence-corrected chi connectivity index (χ2v) is 4.23. The Morgan fingerprint density at radius 2 is 2.12 bits per heavy atom. The lowest BCUT2D eigenvalue weighted by molar-refractivity contribution is 0.0923. The molecular formula is C14H20O2. The van der Waals surface area contributed by atoms with Crippen molar-refractivity contribution in [1.82, 2.24) is 0 Å². The maximum Gasteiger partial charge on any atom is 0.165 e. The highest BCUT2D eigenvalue weighted by Gasteiger charge is 2.16. The minimum Gasteiger partial charge on any atom is -0.497 e. The Kier molecular flexibility index (Phi) is 4.53. The molecule has 1 aromatic carbocycles. The van der Waals surface area contributed by atoms with Crippen LogP contribution < -0.4 is 4.74 Å². The molecule has 1 unspecified atom stereocenters. The summed E-state index contributed by atoms with van der Waals surface area (Å²) in [6.45, 7) is 6.05.